The molecule has 10 heteroatoms. The molecule has 48 heavy (non-hydrogen) atoms. The van der Waals surface area contributed by atoms with Gasteiger partial charge >= 0.3 is 19.8 Å². The summed E-state index contributed by atoms with van der Waals surface area (Å²) in [5, 5.41) is 10.1. The van der Waals surface area contributed by atoms with Crippen LogP contribution in [-0.2, 0) is 28.2 Å². The second kappa shape index (κ2) is 33.5. The molecular weight excluding hydrogens is 631 g/mol. The number of phosphoric ester groups is 1. The lowest BCUT2D eigenvalue weighted by atomic mass is 10.0. The first-order valence-electron chi connectivity index (χ1n) is 18.5. The van der Waals surface area contributed by atoms with Gasteiger partial charge in [0.2, 0.25) is 0 Å². The summed E-state index contributed by atoms with van der Waals surface area (Å²) in [4.78, 5) is 42.6. The molecule has 0 bridgehead atoms. The zero-order chi connectivity index (χ0) is 35.6. The second-order valence-electron chi connectivity index (χ2n) is 12.4. The van der Waals surface area contributed by atoms with E-state index in [0.29, 0.717) is 25.7 Å². The van der Waals surface area contributed by atoms with Crippen molar-refractivity contribution < 1.29 is 43.0 Å². The van der Waals surface area contributed by atoms with Gasteiger partial charge in [0.1, 0.15) is 6.61 Å². The minimum absolute atomic E-state index is 0.0771. The lowest BCUT2D eigenvalue weighted by Crippen LogP contribution is -2.29. The number of aliphatic hydroxyl groups is 1. The SMILES string of the molecule is CCCCC/C=C\C/C=C\CC(O)/C=C\C=C\CCCC(=O)O[C@H](COC(=O)CCCCCCCCCCCCCC)COP(=O)(O)O. The average Bonchev–Trinajstić information content (AvgIpc) is 3.04. The first kappa shape index (κ1) is 46.0. The highest BCUT2D eigenvalue weighted by molar-refractivity contribution is 7.46. The molecule has 0 saturated heterocycles. The van der Waals surface area contributed by atoms with Crippen LogP contribution in [0.4, 0.5) is 0 Å². The zero-order valence-electron chi connectivity index (χ0n) is 30.0. The predicted octanol–water partition coefficient (Wildman–Crippen LogP) is 9.76. The Morgan fingerprint density at radius 1 is 0.646 bits per heavy atom. The minimum Gasteiger partial charge on any atom is -0.462 e. The molecule has 0 radical (unpaired) electrons. The number of ether oxygens (including phenoxy) is 2. The Morgan fingerprint density at radius 3 is 1.85 bits per heavy atom. The molecule has 0 aromatic rings. The number of carbonyl (C=O) groups excluding carboxylic acids is 2. The molecule has 0 heterocycles. The van der Waals surface area contributed by atoms with Crippen LogP contribution >= 0.6 is 7.82 Å². The minimum atomic E-state index is -4.78. The topological polar surface area (TPSA) is 140 Å². The molecule has 0 aliphatic heterocycles. The molecule has 0 fully saturated rings. The maximum atomic E-state index is 12.3. The van der Waals surface area contributed by atoms with Crippen LogP contribution in [0.25, 0.3) is 0 Å². The quantitative estimate of drug-likeness (QED) is 0.0201. The first-order valence-corrected chi connectivity index (χ1v) is 20.1. The van der Waals surface area contributed by atoms with Crippen LogP contribution in [0.2, 0.25) is 0 Å². The molecule has 0 aromatic carbocycles. The first-order chi connectivity index (χ1) is 23.2. The maximum absolute atomic E-state index is 12.3. The van der Waals surface area contributed by atoms with E-state index >= 15 is 0 Å². The van der Waals surface area contributed by atoms with Gasteiger partial charge in [-0.1, -0.05) is 146 Å². The number of hydrogen-bond acceptors (Lipinski definition) is 7. The molecule has 0 spiro atoms. The Morgan fingerprint density at radius 2 is 1.21 bits per heavy atom. The van der Waals surface area contributed by atoms with Crippen LogP contribution in [-0.4, -0.2) is 52.3 Å². The van der Waals surface area contributed by atoms with Gasteiger partial charge in [0.05, 0.1) is 12.7 Å². The van der Waals surface area contributed by atoms with Crippen molar-refractivity contribution in [1.82, 2.24) is 0 Å². The van der Waals surface area contributed by atoms with Crippen molar-refractivity contribution in [3.8, 4) is 0 Å². The summed E-state index contributed by atoms with van der Waals surface area (Å²) in [6.45, 7) is 3.51. The lowest BCUT2D eigenvalue weighted by Gasteiger charge is -2.18. The van der Waals surface area contributed by atoms with Crippen molar-refractivity contribution in [2.24, 2.45) is 0 Å². The van der Waals surface area contributed by atoms with E-state index in [9.17, 15) is 19.3 Å². The van der Waals surface area contributed by atoms with E-state index in [-0.39, 0.29) is 19.4 Å². The maximum Gasteiger partial charge on any atom is 0.469 e. The molecule has 0 amide bonds. The summed E-state index contributed by atoms with van der Waals surface area (Å²) in [6, 6.07) is 0. The zero-order valence-corrected chi connectivity index (χ0v) is 30.9. The molecule has 0 aromatic heterocycles. The van der Waals surface area contributed by atoms with Crippen LogP contribution in [0.15, 0.2) is 48.6 Å². The third-order valence-electron chi connectivity index (χ3n) is 7.68. The average molecular weight is 699 g/mol. The number of hydrogen-bond donors (Lipinski definition) is 3. The molecule has 0 saturated carbocycles. The molecule has 1 unspecified atom stereocenters. The van der Waals surface area contributed by atoms with E-state index in [1.54, 1.807) is 12.2 Å². The molecule has 9 nitrogen and oxygen atoms in total. The highest BCUT2D eigenvalue weighted by Crippen LogP contribution is 2.36. The number of esters is 2. The number of allylic oxidation sites excluding steroid dienone is 6. The predicted molar refractivity (Wildman–Crippen MR) is 194 cm³/mol. The fourth-order valence-electron chi connectivity index (χ4n) is 4.86. The van der Waals surface area contributed by atoms with Gasteiger partial charge < -0.3 is 24.4 Å². The Hall–Kier alpha value is -2.03. The number of rotatable bonds is 33. The fourth-order valence-corrected chi connectivity index (χ4v) is 5.22. The van der Waals surface area contributed by atoms with E-state index in [2.05, 4.69) is 36.6 Å². The summed E-state index contributed by atoms with van der Waals surface area (Å²) < 4.78 is 26.2. The van der Waals surface area contributed by atoms with Crippen LogP contribution in [0.3, 0.4) is 0 Å². The van der Waals surface area contributed by atoms with E-state index in [1.807, 2.05) is 18.2 Å². The number of aliphatic hydroxyl groups excluding tert-OH is 1. The molecule has 2 atom stereocenters. The highest BCUT2D eigenvalue weighted by atomic mass is 31.2. The number of carbonyl (C=O) groups is 2. The Bertz CT molecular complexity index is 938. The van der Waals surface area contributed by atoms with Gasteiger partial charge in [0, 0.05) is 12.8 Å². The second-order valence-corrected chi connectivity index (χ2v) is 13.6. The van der Waals surface area contributed by atoms with Gasteiger partial charge in [-0.25, -0.2) is 4.57 Å². The Labute approximate surface area is 291 Å². The molecule has 3 N–H and O–H groups in total. The summed E-state index contributed by atoms with van der Waals surface area (Å²) >= 11 is 0. The number of phosphoric acid groups is 1. The van der Waals surface area contributed by atoms with Gasteiger partial charge in [0.15, 0.2) is 6.10 Å². The molecule has 0 aliphatic carbocycles. The van der Waals surface area contributed by atoms with Crippen molar-refractivity contribution in [3.05, 3.63) is 48.6 Å². The van der Waals surface area contributed by atoms with Gasteiger partial charge in [0.25, 0.3) is 0 Å². The third kappa shape index (κ3) is 35.3. The molecule has 278 valence electrons. The van der Waals surface area contributed by atoms with Gasteiger partial charge in [-0.3, -0.25) is 14.1 Å². The largest absolute Gasteiger partial charge is 0.469 e. The van der Waals surface area contributed by atoms with Crippen LogP contribution in [0.5, 0.6) is 0 Å². The van der Waals surface area contributed by atoms with Crippen molar-refractivity contribution >= 4 is 19.8 Å². The smallest absolute Gasteiger partial charge is 0.462 e. The highest BCUT2D eigenvalue weighted by Gasteiger charge is 2.22. The van der Waals surface area contributed by atoms with E-state index in [0.717, 1.165) is 32.1 Å². The van der Waals surface area contributed by atoms with Gasteiger partial charge in [-0.15, -0.1) is 0 Å². The van der Waals surface area contributed by atoms with Crippen molar-refractivity contribution in [3.63, 3.8) is 0 Å². The van der Waals surface area contributed by atoms with E-state index in [4.69, 9.17) is 19.3 Å². The summed E-state index contributed by atoms with van der Waals surface area (Å²) in [7, 11) is -4.78. The van der Waals surface area contributed by atoms with Crippen LogP contribution in [0.1, 0.15) is 155 Å². The van der Waals surface area contributed by atoms with Crippen molar-refractivity contribution in [2.75, 3.05) is 13.2 Å². The van der Waals surface area contributed by atoms with Gasteiger partial charge in [-0.05, 0) is 44.9 Å². The van der Waals surface area contributed by atoms with Gasteiger partial charge in [-0.2, -0.15) is 0 Å². The Balaban J connectivity index is 4.19. The standard InChI is InChI=1S/C38H67O9P/c1-3-5-7-9-11-13-14-15-17-19-23-27-31-37(40)45-33-36(34-46-48(42,43)44)47-38(41)32-28-24-20-22-26-30-35(39)29-25-21-18-16-12-10-8-6-4-2/h12,16,20-22,25-26,30,35-36,39H,3-11,13-15,17-19,23-24,27-29,31-34H2,1-2H3,(H2,42,43,44)/b16-12-,22-20+,25-21-,30-26-/t35?,36-/m1/s1. The molecular formula is C38H67O9P. The van der Waals surface area contributed by atoms with Crippen molar-refractivity contribution in [1.29, 1.82) is 0 Å². The number of unbranched alkanes of at least 4 members (excludes halogenated alkanes) is 15. The summed E-state index contributed by atoms with van der Waals surface area (Å²) in [5.41, 5.74) is 0. The summed E-state index contributed by atoms with van der Waals surface area (Å²) in [6.07, 6.45) is 35.8. The molecule has 0 rings (SSSR count). The normalized spacial score (nSPS) is 13.7. The molecule has 0 aliphatic rings. The summed E-state index contributed by atoms with van der Waals surface area (Å²) in [5.74, 6) is -1.02. The van der Waals surface area contributed by atoms with Crippen molar-refractivity contribution in [2.45, 2.75) is 167 Å². The Kier molecular flexibility index (Phi) is 32.1. The van der Waals surface area contributed by atoms with E-state index in [1.165, 1.54) is 70.6 Å². The fraction of sp³-hybridized carbons (Fsp3) is 0.737. The monoisotopic (exact) mass is 698 g/mol. The lowest BCUT2D eigenvalue weighted by molar-refractivity contribution is -0.161. The van der Waals surface area contributed by atoms with Crippen LogP contribution in [0, 0.1) is 0 Å². The van der Waals surface area contributed by atoms with Crippen LogP contribution < -0.4 is 0 Å². The van der Waals surface area contributed by atoms with E-state index < -0.39 is 38.6 Å². The third-order valence-corrected chi connectivity index (χ3v) is 8.17.